The second-order valence-corrected chi connectivity index (χ2v) is 5.21. The Morgan fingerprint density at radius 1 is 0.789 bits per heavy atom. The van der Waals surface area contributed by atoms with Crippen LogP contribution in [0.15, 0.2) is 60.7 Å². The van der Waals surface area contributed by atoms with Crippen LogP contribution in [0.5, 0.6) is 0 Å². The molecule has 0 N–H and O–H groups in total. The predicted molar refractivity (Wildman–Crippen MR) is 80.3 cm³/mol. The van der Waals surface area contributed by atoms with Crippen LogP contribution >= 0.6 is 0 Å². The number of hydrogen-bond donors (Lipinski definition) is 0. The van der Waals surface area contributed by atoms with Crippen LogP contribution in [0.4, 0.5) is 0 Å². The van der Waals surface area contributed by atoms with E-state index in [1.807, 2.05) is 0 Å². The molecule has 2 aromatic carbocycles. The summed E-state index contributed by atoms with van der Waals surface area (Å²) in [6.07, 6.45) is 1.88. The average molecular weight is 254 g/mol. The minimum Gasteiger partial charge on any atom is -0.375 e. The van der Waals surface area contributed by atoms with Crippen molar-refractivity contribution in [3.63, 3.8) is 0 Å². The smallest absolute Gasteiger partial charge is 0.0734 e. The molecule has 0 heterocycles. The standard InChI is InChI=1S/C18H22O/c1-3-19-18(2,14-16-10-6-4-7-11-16)15-17-12-8-5-9-13-17/h4-13H,3,14-15H2,1-2H3. The van der Waals surface area contributed by atoms with Crippen molar-refractivity contribution in [2.75, 3.05) is 6.61 Å². The van der Waals surface area contributed by atoms with Gasteiger partial charge in [0.05, 0.1) is 5.60 Å². The fourth-order valence-electron chi connectivity index (χ4n) is 2.57. The maximum atomic E-state index is 6.04. The van der Waals surface area contributed by atoms with Crippen molar-refractivity contribution < 1.29 is 4.74 Å². The van der Waals surface area contributed by atoms with E-state index in [4.69, 9.17) is 4.74 Å². The lowest BCUT2D eigenvalue weighted by molar-refractivity contribution is -0.0240. The zero-order valence-corrected chi connectivity index (χ0v) is 11.8. The largest absolute Gasteiger partial charge is 0.375 e. The van der Waals surface area contributed by atoms with Gasteiger partial charge in [0.2, 0.25) is 0 Å². The molecule has 2 rings (SSSR count). The first-order chi connectivity index (χ1) is 9.22. The summed E-state index contributed by atoms with van der Waals surface area (Å²) in [5.41, 5.74) is 2.51. The normalized spacial score (nSPS) is 11.5. The molecule has 0 spiro atoms. The Kier molecular flexibility index (Phi) is 4.75. The first kappa shape index (κ1) is 13.8. The summed E-state index contributed by atoms with van der Waals surface area (Å²) in [6, 6.07) is 21.1. The molecule has 2 aromatic rings. The lowest BCUT2D eigenvalue weighted by atomic mass is 9.89. The van der Waals surface area contributed by atoms with Crippen LogP contribution in [-0.2, 0) is 17.6 Å². The second-order valence-electron chi connectivity index (χ2n) is 5.21. The van der Waals surface area contributed by atoms with Crippen LogP contribution in [0, 0.1) is 0 Å². The van der Waals surface area contributed by atoms with Crippen LogP contribution in [0.1, 0.15) is 25.0 Å². The number of benzene rings is 2. The maximum Gasteiger partial charge on any atom is 0.0734 e. The Labute approximate surface area is 116 Å². The molecule has 19 heavy (non-hydrogen) atoms. The molecule has 0 aliphatic heterocycles. The number of hydrogen-bond acceptors (Lipinski definition) is 1. The molecular formula is C18H22O. The lowest BCUT2D eigenvalue weighted by Gasteiger charge is -2.30. The van der Waals surface area contributed by atoms with Crippen molar-refractivity contribution in [3.05, 3.63) is 71.8 Å². The van der Waals surface area contributed by atoms with Crippen molar-refractivity contribution >= 4 is 0 Å². The average Bonchev–Trinajstić information content (AvgIpc) is 2.41. The van der Waals surface area contributed by atoms with Crippen LogP contribution < -0.4 is 0 Å². The molecule has 0 unspecified atom stereocenters. The molecule has 0 saturated carbocycles. The van der Waals surface area contributed by atoms with E-state index < -0.39 is 0 Å². The molecule has 0 radical (unpaired) electrons. The number of ether oxygens (including phenoxy) is 1. The molecule has 0 bridgehead atoms. The van der Waals surface area contributed by atoms with E-state index in [9.17, 15) is 0 Å². The van der Waals surface area contributed by atoms with E-state index in [2.05, 4.69) is 74.5 Å². The molecule has 0 aliphatic rings. The Hall–Kier alpha value is -1.60. The van der Waals surface area contributed by atoms with E-state index in [-0.39, 0.29) is 5.60 Å². The van der Waals surface area contributed by atoms with Gasteiger partial charge < -0.3 is 4.74 Å². The Bertz CT molecular complexity index is 434. The van der Waals surface area contributed by atoms with Gasteiger partial charge in [-0.15, -0.1) is 0 Å². The van der Waals surface area contributed by atoms with Gasteiger partial charge in [0.25, 0.3) is 0 Å². The highest BCUT2D eigenvalue weighted by atomic mass is 16.5. The van der Waals surface area contributed by atoms with Gasteiger partial charge in [0.15, 0.2) is 0 Å². The van der Waals surface area contributed by atoms with Gasteiger partial charge in [0.1, 0.15) is 0 Å². The third-order valence-electron chi connectivity index (χ3n) is 3.33. The van der Waals surface area contributed by atoms with Crippen molar-refractivity contribution in [2.24, 2.45) is 0 Å². The van der Waals surface area contributed by atoms with Crippen LogP contribution in [0.2, 0.25) is 0 Å². The minimum absolute atomic E-state index is 0.141. The van der Waals surface area contributed by atoms with Crippen molar-refractivity contribution in [2.45, 2.75) is 32.3 Å². The van der Waals surface area contributed by atoms with Crippen LogP contribution in [0.3, 0.4) is 0 Å². The van der Waals surface area contributed by atoms with Crippen molar-refractivity contribution in [1.82, 2.24) is 0 Å². The van der Waals surface area contributed by atoms with Crippen LogP contribution in [-0.4, -0.2) is 12.2 Å². The maximum absolute atomic E-state index is 6.04. The van der Waals surface area contributed by atoms with Crippen LogP contribution in [0.25, 0.3) is 0 Å². The molecule has 0 fully saturated rings. The second kappa shape index (κ2) is 6.53. The van der Waals surface area contributed by atoms with Crippen molar-refractivity contribution in [1.29, 1.82) is 0 Å². The zero-order valence-electron chi connectivity index (χ0n) is 11.8. The predicted octanol–water partition coefficient (Wildman–Crippen LogP) is 4.27. The first-order valence-electron chi connectivity index (χ1n) is 6.94. The van der Waals surface area contributed by atoms with Gasteiger partial charge in [0, 0.05) is 19.4 Å². The molecule has 100 valence electrons. The summed E-state index contributed by atoms with van der Waals surface area (Å²) in [6.45, 7) is 5.01. The summed E-state index contributed by atoms with van der Waals surface area (Å²) < 4.78 is 6.04. The van der Waals surface area contributed by atoms with E-state index in [0.717, 1.165) is 19.4 Å². The third-order valence-corrected chi connectivity index (χ3v) is 3.33. The van der Waals surface area contributed by atoms with E-state index in [0.29, 0.717) is 0 Å². The highest BCUT2D eigenvalue weighted by Gasteiger charge is 2.25. The third kappa shape index (κ3) is 4.22. The monoisotopic (exact) mass is 254 g/mol. The summed E-state index contributed by atoms with van der Waals surface area (Å²) in [7, 11) is 0. The number of rotatable bonds is 6. The SMILES string of the molecule is CCOC(C)(Cc1ccccc1)Cc1ccccc1. The highest BCUT2D eigenvalue weighted by Crippen LogP contribution is 2.23. The fourth-order valence-corrected chi connectivity index (χ4v) is 2.57. The lowest BCUT2D eigenvalue weighted by Crippen LogP contribution is -2.34. The topological polar surface area (TPSA) is 9.23 Å². The molecule has 0 atom stereocenters. The Balaban J connectivity index is 2.13. The quantitative estimate of drug-likeness (QED) is 0.748. The summed E-state index contributed by atoms with van der Waals surface area (Å²) in [5.74, 6) is 0. The van der Waals surface area contributed by atoms with Gasteiger partial charge in [-0.05, 0) is 25.0 Å². The fraction of sp³-hybridized carbons (Fsp3) is 0.333. The van der Waals surface area contributed by atoms with Crippen molar-refractivity contribution in [3.8, 4) is 0 Å². The summed E-state index contributed by atoms with van der Waals surface area (Å²) in [4.78, 5) is 0. The van der Waals surface area contributed by atoms with E-state index in [1.165, 1.54) is 11.1 Å². The van der Waals surface area contributed by atoms with Gasteiger partial charge in [-0.3, -0.25) is 0 Å². The molecule has 0 amide bonds. The Morgan fingerprint density at radius 3 is 1.58 bits per heavy atom. The Morgan fingerprint density at radius 2 is 1.21 bits per heavy atom. The molecule has 1 nitrogen and oxygen atoms in total. The summed E-state index contributed by atoms with van der Waals surface area (Å²) >= 11 is 0. The van der Waals surface area contributed by atoms with E-state index in [1.54, 1.807) is 0 Å². The molecule has 0 aromatic heterocycles. The molecule has 1 heteroatoms. The van der Waals surface area contributed by atoms with Gasteiger partial charge in [-0.25, -0.2) is 0 Å². The molecule has 0 saturated heterocycles. The molecule has 0 aliphatic carbocycles. The minimum atomic E-state index is -0.141. The summed E-state index contributed by atoms with van der Waals surface area (Å²) in [5, 5.41) is 0. The molecular weight excluding hydrogens is 232 g/mol. The zero-order chi connectivity index (χ0) is 13.6. The van der Waals surface area contributed by atoms with Gasteiger partial charge >= 0.3 is 0 Å². The van der Waals surface area contributed by atoms with Gasteiger partial charge in [-0.1, -0.05) is 60.7 Å². The van der Waals surface area contributed by atoms with E-state index >= 15 is 0 Å². The highest BCUT2D eigenvalue weighted by molar-refractivity contribution is 5.21. The first-order valence-corrected chi connectivity index (χ1v) is 6.94. The van der Waals surface area contributed by atoms with Gasteiger partial charge in [-0.2, -0.15) is 0 Å².